The summed E-state index contributed by atoms with van der Waals surface area (Å²) in [6.45, 7) is 16.7. The van der Waals surface area contributed by atoms with Gasteiger partial charge in [-0.3, -0.25) is 9.69 Å². The minimum atomic E-state index is 0.150. The van der Waals surface area contributed by atoms with Crippen LogP contribution in [0.2, 0.25) is 0 Å². The van der Waals surface area contributed by atoms with Gasteiger partial charge in [0, 0.05) is 76.6 Å². The number of carbonyl (C=O) groups excluding carboxylic acids is 1. The smallest absolute Gasteiger partial charge is 0.219 e. The number of nitrogens with zero attached hydrogens (tertiary/aromatic N) is 14. The van der Waals surface area contributed by atoms with E-state index in [0.717, 1.165) is 156 Å². The van der Waals surface area contributed by atoms with Gasteiger partial charge in [0.2, 0.25) is 5.91 Å². The number of aromatic nitrogens is 8. The lowest BCUT2D eigenvalue weighted by molar-refractivity contribution is -0.130. The second kappa shape index (κ2) is 18.1. The number of amides is 1. The lowest BCUT2D eigenvalue weighted by Gasteiger charge is -2.32. The average Bonchev–Trinajstić information content (AvgIpc) is 3.87. The highest BCUT2D eigenvalue weighted by Gasteiger charge is 2.28. The molecule has 56 heavy (non-hydrogen) atoms. The number of benzene rings is 1. The summed E-state index contributed by atoms with van der Waals surface area (Å²) in [6, 6.07) is 11.4. The van der Waals surface area contributed by atoms with Crippen molar-refractivity contribution in [3.8, 4) is 0 Å². The quantitative estimate of drug-likeness (QED) is 0.226. The Bertz CT molecular complexity index is 2070. The normalized spacial score (nSPS) is 18.7. The molecule has 0 N–H and O–H groups in total. The van der Waals surface area contributed by atoms with Crippen LogP contribution in [0.5, 0.6) is 0 Å². The lowest BCUT2D eigenvalue weighted by Crippen LogP contribution is -2.38. The van der Waals surface area contributed by atoms with Crippen molar-refractivity contribution in [2.24, 2.45) is 0 Å². The Morgan fingerprint density at radius 3 is 1.55 bits per heavy atom. The number of hydrogen-bond acceptors (Lipinski definition) is 14. The molecule has 9 rings (SSSR count). The number of ether oxygens (including phenoxy) is 2. The Kier molecular flexibility index (Phi) is 12.6. The minimum Gasteiger partial charge on any atom is -0.378 e. The van der Waals surface area contributed by atoms with Crippen molar-refractivity contribution in [1.82, 2.24) is 49.3 Å². The molecule has 5 aromatic rings. The monoisotopic (exact) mass is 764 g/mol. The number of rotatable bonds is 6. The maximum absolute atomic E-state index is 11.5. The topological polar surface area (TPSA) is 183 Å². The first-order chi connectivity index (χ1) is 27.4. The molecule has 17 nitrogen and oxygen atoms in total. The van der Waals surface area contributed by atoms with Gasteiger partial charge in [0.05, 0.1) is 61.7 Å². The molecule has 296 valence electrons. The van der Waals surface area contributed by atoms with Gasteiger partial charge in [-0.25, -0.2) is 29.3 Å². The van der Waals surface area contributed by atoms with E-state index in [2.05, 4.69) is 64.8 Å². The van der Waals surface area contributed by atoms with Crippen LogP contribution >= 0.6 is 0 Å². The molecule has 4 saturated heterocycles. The van der Waals surface area contributed by atoms with Gasteiger partial charge in [-0.1, -0.05) is 30.3 Å². The van der Waals surface area contributed by atoms with Gasteiger partial charge in [-0.15, -0.1) is 0 Å². The highest BCUT2D eigenvalue weighted by molar-refractivity contribution is 5.88. The molecular weight excluding hydrogens is 713 g/mol. The van der Waals surface area contributed by atoms with Crippen LogP contribution in [0.1, 0.15) is 61.9 Å². The largest absolute Gasteiger partial charge is 0.378 e. The van der Waals surface area contributed by atoms with Crippen LogP contribution < -0.4 is 9.80 Å². The highest BCUT2D eigenvalue weighted by atomic mass is 16.5. The van der Waals surface area contributed by atoms with E-state index in [0.29, 0.717) is 6.04 Å². The Morgan fingerprint density at radius 1 is 0.661 bits per heavy atom. The molecule has 4 aliphatic rings. The van der Waals surface area contributed by atoms with E-state index in [1.54, 1.807) is 6.92 Å². The lowest BCUT2D eigenvalue weighted by atomic mass is 10.0. The van der Waals surface area contributed by atoms with Crippen molar-refractivity contribution in [3.63, 3.8) is 0 Å². The van der Waals surface area contributed by atoms with Crippen LogP contribution in [-0.4, -0.2) is 134 Å². The van der Waals surface area contributed by atoms with Crippen LogP contribution in [-0.2, 0) is 20.8 Å². The highest BCUT2D eigenvalue weighted by Crippen LogP contribution is 2.32. The molecule has 0 unspecified atom stereocenters. The number of piperidine rings is 2. The molecule has 0 atom stereocenters. The zero-order chi connectivity index (χ0) is 39.0. The van der Waals surface area contributed by atoms with Gasteiger partial charge in [0.15, 0.2) is 11.3 Å². The molecular formula is C39H52N14O3. The van der Waals surface area contributed by atoms with Gasteiger partial charge in [0.1, 0.15) is 23.3 Å². The number of carbonyl (C=O) groups is 1. The summed E-state index contributed by atoms with van der Waals surface area (Å²) in [7, 11) is 0. The van der Waals surface area contributed by atoms with Gasteiger partial charge >= 0.3 is 0 Å². The van der Waals surface area contributed by atoms with Gasteiger partial charge in [0.25, 0.3) is 0 Å². The summed E-state index contributed by atoms with van der Waals surface area (Å²) in [5, 5.41) is 23.5. The fraction of sp³-hybridized carbons (Fsp3) is 0.564. The molecule has 0 aliphatic carbocycles. The molecule has 0 bridgehead atoms. The van der Waals surface area contributed by atoms with Crippen LogP contribution in [0.15, 0.2) is 42.7 Å². The third kappa shape index (κ3) is 8.72. The van der Waals surface area contributed by atoms with Crippen LogP contribution in [0.3, 0.4) is 0 Å². The molecule has 0 saturated carbocycles. The number of morpholine rings is 2. The van der Waals surface area contributed by atoms with E-state index in [4.69, 9.17) is 35.3 Å². The van der Waals surface area contributed by atoms with Crippen LogP contribution in [0.4, 0.5) is 11.6 Å². The van der Waals surface area contributed by atoms with Crippen molar-refractivity contribution < 1.29 is 14.3 Å². The molecule has 4 aromatic heterocycles. The van der Waals surface area contributed by atoms with Crippen LogP contribution in [0, 0.1) is 24.6 Å². The molecule has 4 aliphatic heterocycles. The van der Waals surface area contributed by atoms with E-state index in [9.17, 15) is 4.79 Å². The second-order valence-corrected chi connectivity index (χ2v) is 14.8. The summed E-state index contributed by atoms with van der Waals surface area (Å²) < 4.78 is 15.1. The first kappa shape index (κ1) is 38.9. The van der Waals surface area contributed by atoms with E-state index < -0.39 is 0 Å². The van der Waals surface area contributed by atoms with Crippen molar-refractivity contribution in [1.29, 1.82) is 10.8 Å². The van der Waals surface area contributed by atoms with Gasteiger partial charge in [-0.2, -0.15) is 10.2 Å². The standard InChI is InChI=1S/C22H28N6O.C17H24N6O2.N2/c1-17-24-21(27-11-13-29-14-12-27)20-15-23-28(22(20)25-17)19-7-9-26(10-8-19)16-18-5-3-2-4-6-18;1-12-19-16(22-7-9-25-10-8-22)15-11-18-23(17(15)20-12)14-3-5-21(6-4-14)13(2)24;1-2/h2-6,15,19H,7-14,16H2,1H3;11,14H,3-10H2,1-2H3;. The predicted octanol–water partition coefficient (Wildman–Crippen LogP) is 3.99. The molecule has 1 amide bonds. The molecule has 0 radical (unpaired) electrons. The van der Waals surface area contributed by atoms with Gasteiger partial charge in [-0.05, 0) is 45.1 Å². The zero-order valence-electron chi connectivity index (χ0n) is 32.7. The second-order valence-electron chi connectivity index (χ2n) is 14.8. The Hall–Kier alpha value is -5.31. The molecule has 17 heteroatoms. The van der Waals surface area contributed by atoms with E-state index in [1.807, 2.05) is 35.8 Å². The fourth-order valence-corrected chi connectivity index (χ4v) is 8.19. The fourth-order valence-electron chi connectivity index (χ4n) is 8.19. The zero-order valence-corrected chi connectivity index (χ0v) is 32.7. The first-order valence-corrected chi connectivity index (χ1v) is 19.7. The summed E-state index contributed by atoms with van der Waals surface area (Å²) >= 11 is 0. The SMILES string of the molecule is CC(=O)N1CCC(n2ncc3c(N4CCOCC4)nc(C)nc32)CC1.Cc1nc(N2CCOCC2)c2cnn(C3CCN(Cc4ccccc4)CC3)c2n1.N#N. The number of hydrogen-bond donors (Lipinski definition) is 0. The molecule has 0 spiro atoms. The predicted molar refractivity (Wildman–Crippen MR) is 210 cm³/mol. The van der Waals surface area contributed by atoms with Crippen molar-refractivity contribution in [2.45, 2.75) is 65.1 Å². The molecule has 4 fully saturated rings. The Labute approximate surface area is 327 Å². The maximum Gasteiger partial charge on any atom is 0.219 e. The van der Waals surface area contributed by atoms with Crippen molar-refractivity contribution in [2.75, 3.05) is 88.6 Å². The molecule has 8 heterocycles. The maximum atomic E-state index is 11.5. The summed E-state index contributed by atoms with van der Waals surface area (Å²) in [4.78, 5) is 39.4. The van der Waals surface area contributed by atoms with E-state index >= 15 is 0 Å². The van der Waals surface area contributed by atoms with Gasteiger partial charge < -0.3 is 24.2 Å². The number of fused-ring (bicyclic) bond motifs is 2. The summed E-state index contributed by atoms with van der Waals surface area (Å²) in [6.07, 6.45) is 7.85. The number of likely N-dealkylation sites (tertiary alicyclic amines) is 2. The van der Waals surface area contributed by atoms with Crippen molar-refractivity contribution in [3.05, 3.63) is 59.9 Å². The first-order valence-electron chi connectivity index (χ1n) is 19.7. The Morgan fingerprint density at radius 2 is 1.11 bits per heavy atom. The third-order valence-corrected chi connectivity index (χ3v) is 11.1. The minimum absolute atomic E-state index is 0.150. The van der Waals surface area contributed by atoms with Crippen molar-refractivity contribution >= 4 is 39.6 Å². The average molecular weight is 765 g/mol. The Balaban J connectivity index is 0.000000166. The van der Waals surface area contributed by atoms with E-state index in [-0.39, 0.29) is 11.9 Å². The third-order valence-electron chi connectivity index (χ3n) is 11.1. The molecule has 1 aromatic carbocycles. The van der Waals surface area contributed by atoms with E-state index in [1.165, 1.54) is 5.56 Å². The summed E-state index contributed by atoms with van der Waals surface area (Å²) in [5.74, 6) is 3.68. The summed E-state index contributed by atoms with van der Waals surface area (Å²) in [5.41, 5.74) is 3.25. The number of anilines is 2. The number of aryl methyl sites for hydroxylation is 2. The van der Waals surface area contributed by atoms with Crippen LogP contribution in [0.25, 0.3) is 22.1 Å².